The minimum Gasteiger partial charge on any atom is -0.547 e. The summed E-state index contributed by atoms with van der Waals surface area (Å²) >= 11 is 0. The van der Waals surface area contributed by atoms with E-state index >= 15 is 0 Å². The summed E-state index contributed by atoms with van der Waals surface area (Å²) in [6.07, 6.45) is -2.29. The van der Waals surface area contributed by atoms with E-state index in [0.717, 1.165) is 0 Å². The number of carboxylic acids is 1. The van der Waals surface area contributed by atoms with Crippen LogP contribution in [-0.4, -0.2) is 51.3 Å². The second-order valence-corrected chi connectivity index (χ2v) is 2.14. The molecule has 0 fully saturated rings. The van der Waals surface area contributed by atoms with E-state index in [-0.39, 0.29) is 51.4 Å². The zero-order valence-electron chi connectivity index (χ0n) is 6.60. The van der Waals surface area contributed by atoms with Gasteiger partial charge in [-0.1, -0.05) is 0 Å². The Hall–Kier alpha value is 0.946. The molecule has 0 bridgehead atoms. The van der Waals surface area contributed by atoms with Gasteiger partial charge in [-0.25, -0.2) is 0 Å². The van der Waals surface area contributed by atoms with Gasteiger partial charge in [-0.2, -0.15) is 0 Å². The third kappa shape index (κ3) is 3.77. The van der Waals surface area contributed by atoms with Gasteiger partial charge in [0.25, 0.3) is 0 Å². The van der Waals surface area contributed by atoms with Gasteiger partial charge in [0.1, 0.15) is 11.7 Å². The molecule has 12 heavy (non-hydrogen) atoms. The van der Waals surface area contributed by atoms with E-state index in [2.05, 4.69) is 0 Å². The van der Waals surface area contributed by atoms with Gasteiger partial charge in [0.15, 0.2) is 0 Å². The summed E-state index contributed by atoms with van der Waals surface area (Å²) in [7, 11) is 0. The van der Waals surface area contributed by atoms with Crippen LogP contribution in [0.1, 0.15) is 0 Å². The topological polar surface area (TPSA) is 121 Å². The van der Waals surface area contributed by atoms with Gasteiger partial charge >= 0.3 is 51.4 Å². The first-order valence-corrected chi connectivity index (χ1v) is 2.81. The predicted molar refractivity (Wildman–Crippen MR) is 30.1 cm³/mol. The molecule has 1 atom stereocenters. The van der Waals surface area contributed by atoms with E-state index in [1.54, 1.807) is 0 Å². The first-order chi connectivity index (χ1) is 4.98. The maximum absolute atomic E-state index is 9.92. The normalized spacial score (nSPS) is 13.3. The van der Waals surface area contributed by atoms with E-state index in [4.69, 9.17) is 20.4 Å². The number of hydrogen-bond donors (Lipinski definition) is 4. The zero-order chi connectivity index (χ0) is 9.07. The number of hydrogen-bond acceptors (Lipinski definition) is 6. The van der Waals surface area contributed by atoms with Crippen LogP contribution in [0.25, 0.3) is 0 Å². The van der Waals surface area contributed by atoms with Crippen LogP contribution in [0, 0.1) is 0 Å². The molecule has 0 aliphatic rings. The molecular weight excluding hydrogens is 195 g/mol. The van der Waals surface area contributed by atoms with Crippen LogP contribution < -0.4 is 56.5 Å². The number of aliphatic carboxylic acids is 1. The molecule has 0 unspecified atom stereocenters. The van der Waals surface area contributed by atoms with Gasteiger partial charge in [-0.3, -0.25) is 0 Å². The average Bonchev–Trinajstić information content (AvgIpc) is 2.01. The van der Waals surface area contributed by atoms with Gasteiger partial charge in [-0.05, 0) is 0 Å². The van der Waals surface area contributed by atoms with Crippen LogP contribution in [0.15, 0.2) is 0 Å². The summed E-state index contributed by atoms with van der Waals surface area (Å²) in [6, 6.07) is 0. The van der Waals surface area contributed by atoms with E-state index in [1.807, 2.05) is 0 Å². The number of aliphatic hydroxyl groups excluding tert-OH is 3. The van der Waals surface area contributed by atoms with Gasteiger partial charge < -0.3 is 30.3 Å². The molecule has 0 spiro atoms. The van der Waals surface area contributed by atoms with Crippen LogP contribution in [0.3, 0.4) is 0 Å². The zero-order valence-corrected chi connectivity index (χ0v) is 9.72. The van der Waals surface area contributed by atoms with Crippen molar-refractivity contribution in [2.24, 2.45) is 0 Å². The Morgan fingerprint density at radius 2 is 1.75 bits per heavy atom. The van der Waals surface area contributed by atoms with Crippen molar-refractivity contribution >= 4 is 5.97 Å². The molecule has 0 saturated carbocycles. The van der Waals surface area contributed by atoms with Crippen molar-refractivity contribution in [3.05, 3.63) is 0 Å². The van der Waals surface area contributed by atoms with Crippen LogP contribution in [0.5, 0.6) is 0 Å². The molecule has 7 heteroatoms. The number of carbonyl (C=O) groups is 1. The first-order valence-electron chi connectivity index (χ1n) is 2.81. The number of rotatable bonds is 4. The van der Waals surface area contributed by atoms with E-state index < -0.39 is 30.9 Å². The van der Waals surface area contributed by atoms with Crippen molar-refractivity contribution in [1.82, 2.24) is 0 Å². The van der Waals surface area contributed by atoms with Crippen LogP contribution in [0.4, 0.5) is 0 Å². The van der Waals surface area contributed by atoms with Gasteiger partial charge in [0.05, 0.1) is 19.2 Å². The minimum atomic E-state index is -2.43. The number of aliphatic hydroxyl groups is 4. The molecule has 0 amide bonds. The van der Waals surface area contributed by atoms with Crippen LogP contribution >= 0.6 is 0 Å². The fourth-order valence-electron chi connectivity index (χ4n) is 0.442. The van der Waals surface area contributed by atoms with Gasteiger partial charge in [0.2, 0.25) is 0 Å². The monoisotopic (exact) mass is 204 g/mol. The molecule has 0 aromatic heterocycles. The standard InChI is InChI=1S/C5H10O6.K/c6-1-5(11,2-7)3(8)4(9)10;/h3,6-8,11H,1-2H2,(H,9,10);/q;+1/p-1/t3-;/m0./s1. The molecule has 0 aromatic rings. The van der Waals surface area contributed by atoms with Crippen molar-refractivity contribution in [2.45, 2.75) is 11.7 Å². The predicted octanol–water partition coefficient (Wildman–Crippen LogP) is -7.18. The molecule has 0 aliphatic heterocycles. The summed E-state index contributed by atoms with van der Waals surface area (Å²) < 4.78 is 0. The molecule has 0 rings (SSSR count). The third-order valence-electron chi connectivity index (χ3n) is 1.28. The Labute approximate surface area is 111 Å². The molecule has 0 aliphatic carbocycles. The second kappa shape index (κ2) is 6.41. The smallest absolute Gasteiger partial charge is 0.547 e. The maximum Gasteiger partial charge on any atom is 1.00 e. The Balaban J connectivity index is 0. The fraction of sp³-hybridized carbons (Fsp3) is 0.800. The van der Waals surface area contributed by atoms with Crippen LogP contribution in [0.2, 0.25) is 0 Å². The fourth-order valence-corrected chi connectivity index (χ4v) is 0.442. The molecule has 0 heterocycles. The Kier molecular flexibility index (Phi) is 8.23. The second-order valence-electron chi connectivity index (χ2n) is 2.14. The van der Waals surface area contributed by atoms with Crippen molar-refractivity contribution in [2.75, 3.05) is 13.2 Å². The Bertz CT molecular complexity index is 145. The molecule has 6 nitrogen and oxygen atoms in total. The van der Waals surface area contributed by atoms with Gasteiger partial charge in [0, 0.05) is 0 Å². The van der Waals surface area contributed by atoms with Crippen molar-refractivity contribution < 1.29 is 81.7 Å². The van der Waals surface area contributed by atoms with E-state index in [9.17, 15) is 9.90 Å². The number of carbonyl (C=O) groups excluding carboxylic acids is 1. The summed E-state index contributed by atoms with van der Waals surface area (Å²) in [6.45, 7) is -2.11. The van der Waals surface area contributed by atoms with Gasteiger partial charge in [-0.15, -0.1) is 0 Å². The van der Waals surface area contributed by atoms with Crippen molar-refractivity contribution in [1.29, 1.82) is 0 Å². The van der Waals surface area contributed by atoms with Crippen molar-refractivity contribution in [3.8, 4) is 0 Å². The quantitative estimate of drug-likeness (QED) is 0.338. The largest absolute Gasteiger partial charge is 1.00 e. The maximum atomic E-state index is 9.92. The summed E-state index contributed by atoms with van der Waals surface area (Å²) in [5, 5.41) is 44.1. The van der Waals surface area contributed by atoms with Crippen molar-refractivity contribution in [3.63, 3.8) is 0 Å². The SMILES string of the molecule is O=C([O-])[C@H](O)C(O)(CO)CO.[K+]. The minimum absolute atomic E-state index is 0. The molecule has 4 N–H and O–H groups in total. The number of carboxylic acid groups (broad SMARTS) is 1. The summed E-state index contributed by atoms with van der Waals surface area (Å²) in [5.41, 5.74) is -2.43. The average molecular weight is 204 g/mol. The van der Waals surface area contributed by atoms with Crippen LogP contribution in [-0.2, 0) is 4.79 Å². The summed E-state index contributed by atoms with van der Waals surface area (Å²) in [5.74, 6) is -1.95. The summed E-state index contributed by atoms with van der Waals surface area (Å²) in [4.78, 5) is 9.92. The van der Waals surface area contributed by atoms with E-state index in [1.165, 1.54) is 0 Å². The molecule has 0 saturated heterocycles. The molecule has 0 radical (unpaired) electrons. The Morgan fingerprint density at radius 3 is 1.83 bits per heavy atom. The molecular formula is C5H9KO6. The third-order valence-corrected chi connectivity index (χ3v) is 1.28. The molecule has 66 valence electrons. The first kappa shape index (κ1) is 15.4. The van der Waals surface area contributed by atoms with E-state index in [0.29, 0.717) is 0 Å². The Morgan fingerprint density at radius 1 is 1.42 bits per heavy atom. The molecule has 0 aromatic carbocycles.